The van der Waals surface area contributed by atoms with Crippen LogP contribution in [0.3, 0.4) is 0 Å². The molecule has 24 heavy (non-hydrogen) atoms. The molecule has 3 saturated heterocycles. The number of amides is 1. The predicted octanol–water partition coefficient (Wildman–Crippen LogP) is 1.78. The summed E-state index contributed by atoms with van der Waals surface area (Å²) >= 11 is 0. The van der Waals surface area contributed by atoms with Gasteiger partial charge < -0.3 is 14.5 Å². The van der Waals surface area contributed by atoms with Gasteiger partial charge in [-0.05, 0) is 51.2 Å². The van der Waals surface area contributed by atoms with E-state index >= 15 is 0 Å². The molecular weight excluding hydrogens is 304 g/mol. The third kappa shape index (κ3) is 2.77. The maximum atomic E-state index is 13.3. The smallest absolute Gasteiger partial charge is 0.230 e. The molecule has 0 radical (unpaired) electrons. The van der Waals surface area contributed by atoms with Crippen molar-refractivity contribution < 1.29 is 9.53 Å². The van der Waals surface area contributed by atoms with Gasteiger partial charge in [0.1, 0.15) is 0 Å². The number of ether oxygens (including phenoxy) is 1. The van der Waals surface area contributed by atoms with Crippen molar-refractivity contribution in [3.05, 3.63) is 17.8 Å². The SMILES string of the molecule is Cc1ccc(N2CC[C@]3(CCCN(C4CCOCC4)C3=O)C2)nn1. The van der Waals surface area contributed by atoms with Crippen LogP contribution in [0.25, 0.3) is 0 Å². The third-order valence-corrected chi connectivity index (χ3v) is 5.86. The zero-order chi connectivity index (χ0) is 16.6. The molecule has 130 valence electrons. The summed E-state index contributed by atoms with van der Waals surface area (Å²) in [4.78, 5) is 17.7. The molecule has 1 aromatic rings. The number of hydrogen-bond acceptors (Lipinski definition) is 5. The van der Waals surface area contributed by atoms with Crippen molar-refractivity contribution in [2.45, 2.75) is 45.1 Å². The minimum Gasteiger partial charge on any atom is -0.381 e. The van der Waals surface area contributed by atoms with Crippen molar-refractivity contribution >= 4 is 11.7 Å². The molecule has 0 bridgehead atoms. The van der Waals surface area contributed by atoms with Gasteiger partial charge in [0, 0.05) is 38.9 Å². The lowest BCUT2D eigenvalue weighted by molar-refractivity contribution is -0.149. The first kappa shape index (κ1) is 15.8. The molecule has 0 unspecified atom stereocenters. The number of nitrogens with zero attached hydrogens (tertiary/aromatic N) is 4. The van der Waals surface area contributed by atoms with Crippen molar-refractivity contribution in [2.24, 2.45) is 5.41 Å². The number of hydrogen-bond donors (Lipinski definition) is 0. The van der Waals surface area contributed by atoms with Crippen molar-refractivity contribution in [3.63, 3.8) is 0 Å². The van der Waals surface area contributed by atoms with Gasteiger partial charge in [-0.1, -0.05) is 0 Å². The van der Waals surface area contributed by atoms with Gasteiger partial charge in [-0.15, -0.1) is 5.10 Å². The molecule has 3 aliphatic heterocycles. The highest BCUT2D eigenvalue weighted by Gasteiger charge is 2.50. The van der Waals surface area contributed by atoms with Gasteiger partial charge in [0.25, 0.3) is 0 Å². The molecule has 1 spiro atoms. The molecule has 1 amide bonds. The standard InChI is InChI=1S/C18H26N4O2/c1-14-3-4-16(20-19-14)21-10-8-18(13-21)7-2-9-22(17(18)23)15-5-11-24-12-6-15/h3-4,15H,2,5-13H2,1H3/t18-/m1/s1. The fourth-order valence-electron chi connectivity index (χ4n) is 4.45. The first-order valence-electron chi connectivity index (χ1n) is 9.12. The summed E-state index contributed by atoms with van der Waals surface area (Å²) in [7, 11) is 0. The lowest BCUT2D eigenvalue weighted by Crippen LogP contribution is -2.54. The van der Waals surface area contributed by atoms with Gasteiger partial charge in [0.15, 0.2) is 5.82 Å². The Kier molecular flexibility index (Phi) is 4.16. The summed E-state index contributed by atoms with van der Waals surface area (Å²) in [5.74, 6) is 1.26. The second-order valence-electron chi connectivity index (χ2n) is 7.43. The number of anilines is 1. The van der Waals surface area contributed by atoms with E-state index in [-0.39, 0.29) is 5.41 Å². The quantitative estimate of drug-likeness (QED) is 0.827. The van der Waals surface area contributed by atoms with Gasteiger partial charge in [-0.25, -0.2) is 0 Å². The molecule has 1 atom stereocenters. The first-order chi connectivity index (χ1) is 11.7. The molecule has 0 N–H and O–H groups in total. The van der Waals surface area contributed by atoms with Crippen LogP contribution in [0.15, 0.2) is 12.1 Å². The Balaban J connectivity index is 1.50. The van der Waals surface area contributed by atoms with Crippen LogP contribution in [-0.4, -0.2) is 59.9 Å². The number of likely N-dealkylation sites (tertiary alicyclic amines) is 1. The van der Waals surface area contributed by atoms with Crippen LogP contribution in [0.5, 0.6) is 0 Å². The zero-order valence-electron chi connectivity index (χ0n) is 14.4. The number of rotatable bonds is 2. The Morgan fingerprint density at radius 1 is 1.17 bits per heavy atom. The minimum atomic E-state index is -0.219. The van der Waals surface area contributed by atoms with Crippen molar-refractivity contribution in [1.29, 1.82) is 0 Å². The Labute approximate surface area is 143 Å². The predicted molar refractivity (Wildman–Crippen MR) is 90.8 cm³/mol. The van der Waals surface area contributed by atoms with Gasteiger partial charge in [0.2, 0.25) is 5.91 Å². The molecule has 0 saturated carbocycles. The molecule has 6 heteroatoms. The lowest BCUT2D eigenvalue weighted by atomic mass is 9.77. The number of carbonyl (C=O) groups excluding carboxylic acids is 1. The van der Waals surface area contributed by atoms with Crippen molar-refractivity contribution in [2.75, 3.05) is 37.7 Å². The Morgan fingerprint density at radius 2 is 2.00 bits per heavy atom. The second-order valence-corrected chi connectivity index (χ2v) is 7.43. The van der Waals surface area contributed by atoms with Crippen molar-refractivity contribution in [1.82, 2.24) is 15.1 Å². The number of aryl methyl sites for hydroxylation is 1. The van der Waals surface area contributed by atoms with Crippen LogP contribution in [0, 0.1) is 12.3 Å². The summed E-state index contributed by atoms with van der Waals surface area (Å²) in [5, 5.41) is 8.47. The molecule has 6 nitrogen and oxygen atoms in total. The summed E-state index contributed by atoms with van der Waals surface area (Å²) in [6, 6.07) is 4.38. The van der Waals surface area contributed by atoms with Crippen LogP contribution < -0.4 is 4.90 Å². The Bertz CT molecular complexity index is 600. The molecular formula is C18H26N4O2. The molecule has 0 aliphatic carbocycles. The summed E-state index contributed by atoms with van der Waals surface area (Å²) < 4.78 is 5.47. The average Bonchev–Trinajstić information content (AvgIpc) is 3.04. The van der Waals surface area contributed by atoms with E-state index in [0.29, 0.717) is 11.9 Å². The van der Waals surface area contributed by atoms with E-state index in [0.717, 1.165) is 76.5 Å². The zero-order valence-corrected chi connectivity index (χ0v) is 14.4. The highest BCUT2D eigenvalue weighted by molar-refractivity contribution is 5.85. The molecule has 4 rings (SSSR count). The lowest BCUT2D eigenvalue weighted by Gasteiger charge is -2.44. The van der Waals surface area contributed by atoms with Gasteiger partial charge in [-0.3, -0.25) is 4.79 Å². The van der Waals surface area contributed by atoms with E-state index in [1.54, 1.807) is 0 Å². The Hall–Kier alpha value is -1.69. The van der Waals surface area contributed by atoms with E-state index in [9.17, 15) is 4.79 Å². The maximum absolute atomic E-state index is 13.3. The summed E-state index contributed by atoms with van der Waals surface area (Å²) in [5.41, 5.74) is 0.704. The first-order valence-corrected chi connectivity index (χ1v) is 9.12. The van der Waals surface area contributed by atoms with Gasteiger partial charge in [-0.2, -0.15) is 5.10 Å². The summed E-state index contributed by atoms with van der Waals surface area (Å²) in [6.07, 6.45) is 5.00. The Morgan fingerprint density at radius 3 is 2.75 bits per heavy atom. The van der Waals surface area contributed by atoms with E-state index in [1.807, 2.05) is 19.1 Å². The topological polar surface area (TPSA) is 58.6 Å². The molecule has 1 aromatic heterocycles. The fourth-order valence-corrected chi connectivity index (χ4v) is 4.45. The number of aromatic nitrogens is 2. The van der Waals surface area contributed by atoms with E-state index in [2.05, 4.69) is 20.0 Å². The van der Waals surface area contributed by atoms with E-state index < -0.39 is 0 Å². The van der Waals surface area contributed by atoms with Gasteiger partial charge >= 0.3 is 0 Å². The van der Waals surface area contributed by atoms with Gasteiger partial charge in [0.05, 0.1) is 11.1 Å². The maximum Gasteiger partial charge on any atom is 0.230 e. The van der Waals surface area contributed by atoms with E-state index in [4.69, 9.17) is 4.74 Å². The fraction of sp³-hybridized carbons (Fsp3) is 0.722. The van der Waals surface area contributed by atoms with E-state index in [1.165, 1.54) is 0 Å². The minimum absolute atomic E-state index is 0.219. The molecule has 3 fully saturated rings. The van der Waals surface area contributed by atoms with Crippen LogP contribution in [0.4, 0.5) is 5.82 Å². The van der Waals surface area contributed by atoms with Crippen LogP contribution >= 0.6 is 0 Å². The van der Waals surface area contributed by atoms with Crippen LogP contribution in [0.2, 0.25) is 0 Å². The molecule has 4 heterocycles. The normalized spacial score (nSPS) is 28.8. The van der Waals surface area contributed by atoms with Crippen LogP contribution in [-0.2, 0) is 9.53 Å². The average molecular weight is 330 g/mol. The van der Waals surface area contributed by atoms with Crippen LogP contribution in [0.1, 0.15) is 37.8 Å². The highest BCUT2D eigenvalue weighted by atomic mass is 16.5. The van der Waals surface area contributed by atoms with Crippen molar-refractivity contribution in [3.8, 4) is 0 Å². The monoisotopic (exact) mass is 330 g/mol. The number of piperidine rings is 1. The summed E-state index contributed by atoms with van der Waals surface area (Å²) in [6.45, 7) is 6.10. The largest absolute Gasteiger partial charge is 0.381 e. The second kappa shape index (κ2) is 6.31. The highest BCUT2D eigenvalue weighted by Crippen LogP contribution is 2.42. The molecule has 0 aromatic carbocycles. The number of carbonyl (C=O) groups is 1. The molecule has 3 aliphatic rings. The third-order valence-electron chi connectivity index (χ3n) is 5.86.